The van der Waals surface area contributed by atoms with Crippen molar-refractivity contribution in [2.45, 2.75) is 66.9 Å². The van der Waals surface area contributed by atoms with Crippen molar-refractivity contribution in [3.63, 3.8) is 0 Å². The summed E-state index contributed by atoms with van der Waals surface area (Å²) >= 11 is 0. The molecular weight excluding hydrogens is 238 g/mol. The summed E-state index contributed by atoms with van der Waals surface area (Å²) in [6.07, 6.45) is 7.05. The summed E-state index contributed by atoms with van der Waals surface area (Å²) in [5, 5.41) is 2.77. The smallest absolute Gasteiger partial charge is 0.216 e. The first-order chi connectivity index (χ1) is 8.68. The van der Waals surface area contributed by atoms with E-state index < -0.39 is 0 Å². The number of rotatable bonds is 7. The molecule has 0 rings (SSSR count). The molecule has 0 unspecified atom stereocenters. The van der Waals surface area contributed by atoms with Gasteiger partial charge < -0.3 is 10.1 Å². The SMILES string of the molecule is C#CC(C)(C)CCOC(C)(C)CCNC(C)=O.CC. The summed E-state index contributed by atoms with van der Waals surface area (Å²) in [7, 11) is 0. The van der Waals surface area contributed by atoms with E-state index >= 15 is 0 Å². The predicted molar refractivity (Wildman–Crippen MR) is 81.9 cm³/mol. The first kappa shape index (κ1) is 20.3. The third kappa shape index (κ3) is 13.2. The van der Waals surface area contributed by atoms with E-state index in [0.717, 1.165) is 12.8 Å². The van der Waals surface area contributed by atoms with E-state index in [1.54, 1.807) is 0 Å². The van der Waals surface area contributed by atoms with Gasteiger partial charge in [-0.15, -0.1) is 12.3 Å². The minimum absolute atomic E-state index is 0.00531. The lowest BCUT2D eigenvalue weighted by atomic mass is 9.91. The van der Waals surface area contributed by atoms with E-state index in [0.29, 0.717) is 13.2 Å². The third-order valence-corrected chi connectivity index (χ3v) is 2.71. The van der Waals surface area contributed by atoms with Crippen molar-refractivity contribution >= 4 is 5.91 Å². The Morgan fingerprint density at radius 2 is 1.74 bits per heavy atom. The van der Waals surface area contributed by atoms with Crippen LogP contribution in [0.5, 0.6) is 0 Å². The van der Waals surface area contributed by atoms with Crippen LogP contribution < -0.4 is 5.32 Å². The molecule has 0 heterocycles. The molecule has 0 saturated carbocycles. The van der Waals surface area contributed by atoms with Gasteiger partial charge in [0.2, 0.25) is 5.91 Å². The maximum atomic E-state index is 10.7. The van der Waals surface area contributed by atoms with Gasteiger partial charge in [0.1, 0.15) is 0 Å². The van der Waals surface area contributed by atoms with Crippen LogP contribution in [0.15, 0.2) is 0 Å². The quantitative estimate of drug-likeness (QED) is 0.720. The lowest BCUT2D eigenvalue weighted by molar-refractivity contribution is -0.119. The molecule has 1 N–H and O–H groups in total. The van der Waals surface area contributed by atoms with Crippen molar-refractivity contribution in [1.82, 2.24) is 5.32 Å². The molecule has 0 aromatic carbocycles. The van der Waals surface area contributed by atoms with E-state index in [2.05, 4.69) is 11.2 Å². The van der Waals surface area contributed by atoms with Crippen molar-refractivity contribution in [2.75, 3.05) is 13.2 Å². The Bertz CT molecular complexity index is 288. The molecule has 0 aromatic rings. The molecule has 112 valence electrons. The second-order valence-electron chi connectivity index (χ2n) is 5.62. The third-order valence-electron chi connectivity index (χ3n) is 2.71. The van der Waals surface area contributed by atoms with Crippen molar-refractivity contribution in [1.29, 1.82) is 0 Å². The Hall–Kier alpha value is -1.01. The van der Waals surface area contributed by atoms with Gasteiger partial charge in [-0.05, 0) is 40.5 Å². The van der Waals surface area contributed by atoms with Crippen LogP contribution in [0.3, 0.4) is 0 Å². The summed E-state index contributed by atoms with van der Waals surface area (Å²) in [4.78, 5) is 10.7. The Morgan fingerprint density at radius 1 is 1.21 bits per heavy atom. The molecule has 3 heteroatoms. The number of ether oxygens (including phenoxy) is 1. The number of terminal acetylenes is 1. The number of carbonyl (C=O) groups is 1. The summed E-state index contributed by atoms with van der Waals surface area (Å²) in [5.74, 6) is 2.74. The molecule has 0 bridgehead atoms. The fourth-order valence-corrected chi connectivity index (χ4v) is 1.27. The number of nitrogens with one attached hydrogen (secondary N) is 1. The highest BCUT2D eigenvalue weighted by Gasteiger charge is 2.20. The van der Waals surface area contributed by atoms with E-state index in [4.69, 9.17) is 11.2 Å². The zero-order chi connectivity index (χ0) is 15.5. The molecule has 0 radical (unpaired) electrons. The molecule has 0 aromatic heterocycles. The van der Waals surface area contributed by atoms with Crippen molar-refractivity contribution < 1.29 is 9.53 Å². The summed E-state index contributed by atoms with van der Waals surface area (Å²) < 4.78 is 5.80. The number of carbonyl (C=O) groups excluding carboxylic acids is 1. The minimum Gasteiger partial charge on any atom is -0.375 e. The first-order valence-corrected chi connectivity index (χ1v) is 7.05. The Morgan fingerprint density at radius 3 is 2.16 bits per heavy atom. The monoisotopic (exact) mass is 269 g/mol. The number of amides is 1. The van der Waals surface area contributed by atoms with Gasteiger partial charge in [0.05, 0.1) is 5.60 Å². The molecule has 0 aliphatic heterocycles. The standard InChI is InChI=1S/C14H25NO2.C2H6/c1-7-13(3,4)9-11-17-14(5,6)8-10-15-12(2)16;1-2/h1H,8-11H2,2-6H3,(H,15,16);1-2H3. The minimum atomic E-state index is -0.229. The lowest BCUT2D eigenvalue weighted by Crippen LogP contribution is -2.32. The van der Waals surface area contributed by atoms with Gasteiger partial charge in [-0.25, -0.2) is 0 Å². The summed E-state index contributed by atoms with van der Waals surface area (Å²) in [6.45, 7) is 14.9. The molecule has 0 aliphatic rings. The second kappa shape index (κ2) is 9.86. The number of hydrogen-bond donors (Lipinski definition) is 1. The molecule has 0 fully saturated rings. The maximum Gasteiger partial charge on any atom is 0.216 e. The van der Waals surface area contributed by atoms with Crippen LogP contribution in [0.1, 0.15) is 61.3 Å². The predicted octanol–water partition coefficient (Wildman–Crippen LogP) is 3.38. The van der Waals surface area contributed by atoms with Crippen molar-refractivity contribution in [2.24, 2.45) is 5.41 Å². The first-order valence-electron chi connectivity index (χ1n) is 7.05. The Labute approximate surface area is 119 Å². The fraction of sp³-hybridized carbons (Fsp3) is 0.812. The highest BCUT2D eigenvalue weighted by molar-refractivity contribution is 5.72. The number of hydrogen-bond acceptors (Lipinski definition) is 2. The molecule has 1 amide bonds. The van der Waals surface area contributed by atoms with E-state index in [1.807, 2.05) is 41.5 Å². The Balaban J connectivity index is 0. The second-order valence-corrected chi connectivity index (χ2v) is 5.62. The highest BCUT2D eigenvalue weighted by atomic mass is 16.5. The van der Waals surface area contributed by atoms with Crippen LogP contribution in [0, 0.1) is 17.8 Å². The van der Waals surface area contributed by atoms with Crippen LogP contribution in [-0.4, -0.2) is 24.7 Å². The zero-order valence-corrected chi connectivity index (χ0v) is 13.7. The molecule has 0 atom stereocenters. The van der Waals surface area contributed by atoms with E-state index in [9.17, 15) is 4.79 Å². The van der Waals surface area contributed by atoms with E-state index in [1.165, 1.54) is 6.92 Å². The fourth-order valence-electron chi connectivity index (χ4n) is 1.27. The molecular formula is C16H31NO2. The van der Waals surface area contributed by atoms with Gasteiger partial charge in [0.25, 0.3) is 0 Å². The van der Waals surface area contributed by atoms with Gasteiger partial charge in [0, 0.05) is 25.5 Å². The normalized spacial score (nSPS) is 11.1. The van der Waals surface area contributed by atoms with Gasteiger partial charge in [0.15, 0.2) is 0 Å². The lowest BCUT2D eigenvalue weighted by Gasteiger charge is -2.27. The molecule has 0 saturated heterocycles. The van der Waals surface area contributed by atoms with Crippen LogP contribution in [0.4, 0.5) is 0 Å². The van der Waals surface area contributed by atoms with Crippen LogP contribution in [0.25, 0.3) is 0 Å². The maximum absolute atomic E-state index is 10.7. The Kier molecular flexibility index (Phi) is 10.5. The average molecular weight is 269 g/mol. The highest BCUT2D eigenvalue weighted by Crippen LogP contribution is 2.21. The topological polar surface area (TPSA) is 38.3 Å². The van der Waals surface area contributed by atoms with Gasteiger partial charge in [-0.1, -0.05) is 13.8 Å². The van der Waals surface area contributed by atoms with Crippen molar-refractivity contribution in [3.05, 3.63) is 0 Å². The molecule has 3 nitrogen and oxygen atoms in total. The average Bonchev–Trinajstić information content (AvgIpc) is 2.30. The molecule has 0 spiro atoms. The largest absolute Gasteiger partial charge is 0.375 e. The van der Waals surface area contributed by atoms with Crippen LogP contribution >= 0.6 is 0 Å². The summed E-state index contributed by atoms with van der Waals surface area (Å²) in [6, 6.07) is 0. The summed E-state index contributed by atoms with van der Waals surface area (Å²) in [5.41, 5.74) is -0.346. The van der Waals surface area contributed by atoms with Crippen LogP contribution in [-0.2, 0) is 9.53 Å². The van der Waals surface area contributed by atoms with Gasteiger partial charge in [-0.2, -0.15) is 0 Å². The van der Waals surface area contributed by atoms with E-state index in [-0.39, 0.29) is 16.9 Å². The van der Waals surface area contributed by atoms with Crippen molar-refractivity contribution in [3.8, 4) is 12.3 Å². The van der Waals surface area contributed by atoms with Gasteiger partial charge >= 0.3 is 0 Å². The molecule has 19 heavy (non-hydrogen) atoms. The van der Waals surface area contributed by atoms with Crippen LogP contribution in [0.2, 0.25) is 0 Å². The zero-order valence-electron chi connectivity index (χ0n) is 13.7. The van der Waals surface area contributed by atoms with Gasteiger partial charge in [-0.3, -0.25) is 4.79 Å². The molecule has 0 aliphatic carbocycles.